The van der Waals surface area contributed by atoms with Gasteiger partial charge in [-0.05, 0) is 50.4 Å². The molecule has 2 rings (SSSR count). The lowest BCUT2D eigenvalue weighted by atomic mass is 10.1. The van der Waals surface area contributed by atoms with Crippen LogP contribution in [0.3, 0.4) is 0 Å². The maximum absolute atomic E-state index is 5.60. The molecule has 1 unspecified atom stereocenters. The molecule has 1 aromatic rings. The molecule has 2 heterocycles. The fourth-order valence-corrected chi connectivity index (χ4v) is 2.42. The van der Waals surface area contributed by atoms with Gasteiger partial charge in [0.05, 0.1) is 5.69 Å². The normalized spacial score (nSPS) is 21.5. The van der Waals surface area contributed by atoms with E-state index >= 15 is 0 Å². The van der Waals surface area contributed by atoms with Gasteiger partial charge in [0.2, 0.25) is 0 Å². The molecule has 1 aliphatic heterocycles. The molecule has 16 heavy (non-hydrogen) atoms. The first-order chi connectivity index (χ1) is 7.79. The van der Waals surface area contributed by atoms with Crippen LogP contribution in [0, 0.1) is 12.8 Å². The zero-order valence-corrected chi connectivity index (χ0v) is 10.0. The molecule has 3 heteroatoms. The maximum Gasteiger partial charge on any atom is 0.0573 e. The highest BCUT2D eigenvalue weighted by molar-refractivity contribution is 5.17. The molecule has 1 aromatic heterocycles. The second-order valence-electron chi connectivity index (χ2n) is 4.73. The molecular formula is C13H21N3. The Morgan fingerprint density at radius 1 is 1.56 bits per heavy atom. The second kappa shape index (κ2) is 5.41. The van der Waals surface area contributed by atoms with Crippen LogP contribution in [-0.2, 0) is 6.54 Å². The highest BCUT2D eigenvalue weighted by Crippen LogP contribution is 2.20. The van der Waals surface area contributed by atoms with Gasteiger partial charge in [0, 0.05) is 19.3 Å². The van der Waals surface area contributed by atoms with E-state index in [0.717, 1.165) is 25.4 Å². The number of hydrogen-bond acceptors (Lipinski definition) is 3. The molecule has 1 aliphatic rings. The summed E-state index contributed by atoms with van der Waals surface area (Å²) >= 11 is 0. The van der Waals surface area contributed by atoms with Gasteiger partial charge in [-0.1, -0.05) is 6.07 Å². The van der Waals surface area contributed by atoms with Gasteiger partial charge in [0.25, 0.3) is 0 Å². The van der Waals surface area contributed by atoms with E-state index in [1.807, 2.05) is 12.3 Å². The zero-order chi connectivity index (χ0) is 11.4. The molecule has 3 nitrogen and oxygen atoms in total. The van der Waals surface area contributed by atoms with Crippen molar-refractivity contribution in [2.45, 2.75) is 26.3 Å². The van der Waals surface area contributed by atoms with Crippen LogP contribution in [0.4, 0.5) is 0 Å². The van der Waals surface area contributed by atoms with E-state index in [1.165, 1.54) is 30.8 Å². The van der Waals surface area contributed by atoms with Crippen LogP contribution < -0.4 is 5.73 Å². The molecular weight excluding hydrogens is 198 g/mol. The number of nitrogens with two attached hydrogens (primary N) is 1. The topological polar surface area (TPSA) is 42.2 Å². The lowest BCUT2D eigenvalue weighted by Gasteiger charge is -2.16. The van der Waals surface area contributed by atoms with Crippen LogP contribution in [0.2, 0.25) is 0 Å². The van der Waals surface area contributed by atoms with Crippen LogP contribution in [0.15, 0.2) is 18.3 Å². The first-order valence-electron chi connectivity index (χ1n) is 6.12. The number of rotatable bonds is 4. The SMILES string of the molecule is Cc1cccnc1CN1CCC(CCN)C1. The second-order valence-corrected chi connectivity index (χ2v) is 4.73. The Labute approximate surface area is 97.7 Å². The first-order valence-corrected chi connectivity index (χ1v) is 6.12. The molecule has 2 N–H and O–H groups in total. The molecule has 88 valence electrons. The third-order valence-corrected chi connectivity index (χ3v) is 3.44. The van der Waals surface area contributed by atoms with Crippen LogP contribution in [0.1, 0.15) is 24.1 Å². The Hall–Kier alpha value is -0.930. The minimum Gasteiger partial charge on any atom is -0.330 e. The number of pyridine rings is 1. The fraction of sp³-hybridized carbons (Fsp3) is 0.615. The number of likely N-dealkylation sites (tertiary alicyclic amines) is 1. The third kappa shape index (κ3) is 2.80. The van der Waals surface area contributed by atoms with E-state index < -0.39 is 0 Å². The number of aryl methyl sites for hydroxylation is 1. The molecule has 1 fully saturated rings. The summed E-state index contributed by atoms with van der Waals surface area (Å²) < 4.78 is 0. The fourth-order valence-electron chi connectivity index (χ4n) is 2.42. The lowest BCUT2D eigenvalue weighted by Crippen LogP contribution is -2.22. The van der Waals surface area contributed by atoms with Crippen molar-refractivity contribution in [3.63, 3.8) is 0 Å². The molecule has 0 saturated carbocycles. The monoisotopic (exact) mass is 219 g/mol. The average molecular weight is 219 g/mol. The van der Waals surface area contributed by atoms with Gasteiger partial charge in [0.15, 0.2) is 0 Å². The minimum atomic E-state index is 0.800. The van der Waals surface area contributed by atoms with Crippen molar-refractivity contribution in [1.82, 2.24) is 9.88 Å². The first kappa shape index (κ1) is 11.6. The van der Waals surface area contributed by atoms with Crippen molar-refractivity contribution < 1.29 is 0 Å². The standard InChI is InChI=1S/C13H21N3/c1-11-3-2-7-15-13(11)10-16-8-5-12(9-16)4-6-14/h2-3,7,12H,4-6,8-10,14H2,1H3. The van der Waals surface area contributed by atoms with E-state index in [4.69, 9.17) is 5.73 Å². The summed E-state index contributed by atoms with van der Waals surface area (Å²) in [6.07, 6.45) is 4.34. The molecule has 0 bridgehead atoms. The summed E-state index contributed by atoms with van der Waals surface area (Å²) in [5.41, 5.74) is 8.11. The summed E-state index contributed by atoms with van der Waals surface area (Å²) in [5, 5.41) is 0. The van der Waals surface area contributed by atoms with E-state index in [2.05, 4.69) is 22.9 Å². The van der Waals surface area contributed by atoms with Crippen molar-refractivity contribution in [3.8, 4) is 0 Å². The van der Waals surface area contributed by atoms with E-state index in [-0.39, 0.29) is 0 Å². The quantitative estimate of drug-likeness (QED) is 0.835. The number of nitrogens with zero attached hydrogens (tertiary/aromatic N) is 2. The summed E-state index contributed by atoms with van der Waals surface area (Å²) in [7, 11) is 0. The van der Waals surface area contributed by atoms with Gasteiger partial charge >= 0.3 is 0 Å². The Balaban J connectivity index is 1.90. The number of hydrogen-bond donors (Lipinski definition) is 1. The smallest absolute Gasteiger partial charge is 0.0573 e. The highest BCUT2D eigenvalue weighted by atomic mass is 15.1. The van der Waals surface area contributed by atoms with E-state index in [1.54, 1.807) is 0 Å². The summed E-state index contributed by atoms with van der Waals surface area (Å²) in [6.45, 7) is 6.33. The number of aromatic nitrogens is 1. The molecule has 0 radical (unpaired) electrons. The molecule has 0 aliphatic carbocycles. The van der Waals surface area contributed by atoms with Crippen LogP contribution in [-0.4, -0.2) is 29.5 Å². The molecule has 0 amide bonds. The minimum absolute atomic E-state index is 0.800. The molecule has 1 saturated heterocycles. The van der Waals surface area contributed by atoms with Crippen molar-refractivity contribution in [1.29, 1.82) is 0 Å². The van der Waals surface area contributed by atoms with Crippen LogP contribution >= 0.6 is 0 Å². The summed E-state index contributed by atoms with van der Waals surface area (Å²) in [4.78, 5) is 6.94. The summed E-state index contributed by atoms with van der Waals surface area (Å²) in [5.74, 6) is 0.800. The van der Waals surface area contributed by atoms with Crippen molar-refractivity contribution >= 4 is 0 Å². The van der Waals surface area contributed by atoms with Crippen molar-refractivity contribution in [2.24, 2.45) is 11.7 Å². The van der Waals surface area contributed by atoms with Gasteiger partial charge in [-0.2, -0.15) is 0 Å². The lowest BCUT2D eigenvalue weighted by molar-refractivity contribution is 0.309. The highest BCUT2D eigenvalue weighted by Gasteiger charge is 2.22. The third-order valence-electron chi connectivity index (χ3n) is 3.44. The average Bonchev–Trinajstić information content (AvgIpc) is 2.70. The van der Waals surface area contributed by atoms with E-state index in [0.29, 0.717) is 0 Å². The molecule has 0 aromatic carbocycles. The Kier molecular flexibility index (Phi) is 3.91. The predicted octanol–water partition coefficient (Wildman–Crippen LogP) is 1.56. The summed E-state index contributed by atoms with van der Waals surface area (Å²) in [6, 6.07) is 4.13. The predicted molar refractivity (Wildman–Crippen MR) is 66.0 cm³/mol. The largest absolute Gasteiger partial charge is 0.330 e. The van der Waals surface area contributed by atoms with Crippen molar-refractivity contribution in [2.75, 3.05) is 19.6 Å². The molecule has 1 atom stereocenters. The van der Waals surface area contributed by atoms with Crippen LogP contribution in [0.5, 0.6) is 0 Å². The Bertz CT molecular complexity index is 338. The van der Waals surface area contributed by atoms with Gasteiger partial charge in [-0.3, -0.25) is 9.88 Å². The maximum atomic E-state index is 5.60. The van der Waals surface area contributed by atoms with Gasteiger partial charge in [-0.15, -0.1) is 0 Å². The van der Waals surface area contributed by atoms with Crippen LogP contribution in [0.25, 0.3) is 0 Å². The molecule has 0 spiro atoms. The zero-order valence-electron chi connectivity index (χ0n) is 10.0. The van der Waals surface area contributed by atoms with Gasteiger partial charge < -0.3 is 5.73 Å². The van der Waals surface area contributed by atoms with E-state index in [9.17, 15) is 0 Å². The Morgan fingerprint density at radius 3 is 3.19 bits per heavy atom. The Morgan fingerprint density at radius 2 is 2.44 bits per heavy atom. The van der Waals surface area contributed by atoms with Gasteiger partial charge in [0.1, 0.15) is 0 Å². The van der Waals surface area contributed by atoms with Gasteiger partial charge in [-0.25, -0.2) is 0 Å². The van der Waals surface area contributed by atoms with Crippen molar-refractivity contribution in [3.05, 3.63) is 29.6 Å².